The van der Waals surface area contributed by atoms with Crippen LogP contribution in [0.1, 0.15) is 44.6 Å². The summed E-state index contributed by atoms with van der Waals surface area (Å²) in [6, 6.07) is 15.5. The van der Waals surface area contributed by atoms with Crippen molar-refractivity contribution in [3.8, 4) is 0 Å². The van der Waals surface area contributed by atoms with Crippen LogP contribution in [0.5, 0.6) is 0 Å². The van der Waals surface area contributed by atoms with Crippen molar-refractivity contribution in [3.63, 3.8) is 0 Å². The molecule has 1 aliphatic rings. The molecule has 1 saturated carbocycles. The largest absolute Gasteiger partial charge is 0.326 e. The lowest BCUT2D eigenvalue weighted by molar-refractivity contribution is -0.120. The Bertz CT molecular complexity index is 814. The molecule has 1 fully saturated rings. The summed E-state index contributed by atoms with van der Waals surface area (Å²) < 4.78 is 0. The fraction of sp³-hybridized carbons (Fsp3) is 0.391. The van der Waals surface area contributed by atoms with E-state index in [1.165, 1.54) is 18.2 Å². The molecule has 4 nitrogen and oxygen atoms in total. The van der Waals surface area contributed by atoms with Gasteiger partial charge in [-0.15, -0.1) is 11.8 Å². The Balaban J connectivity index is 1.51. The third-order valence-electron chi connectivity index (χ3n) is 5.07. The number of aryl methyl sites for hydroxylation is 1. The van der Waals surface area contributed by atoms with Gasteiger partial charge < -0.3 is 10.6 Å². The van der Waals surface area contributed by atoms with Crippen LogP contribution >= 0.6 is 11.8 Å². The van der Waals surface area contributed by atoms with E-state index < -0.39 is 0 Å². The summed E-state index contributed by atoms with van der Waals surface area (Å²) in [7, 11) is 0. The quantitative estimate of drug-likeness (QED) is 0.622. The van der Waals surface area contributed by atoms with Crippen LogP contribution in [0.25, 0.3) is 0 Å². The Hall–Kier alpha value is -2.27. The van der Waals surface area contributed by atoms with E-state index >= 15 is 0 Å². The average Bonchev–Trinajstić information content (AvgIpc) is 2.70. The number of anilines is 2. The van der Waals surface area contributed by atoms with Crippen LogP contribution < -0.4 is 10.6 Å². The van der Waals surface area contributed by atoms with E-state index in [1.807, 2.05) is 62.4 Å². The van der Waals surface area contributed by atoms with Crippen LogP contribution in [0.4, 0.5) is 11.4 Å². The second-order valence-corrected chi connectivity index (χ2v) is 8.88. The standard InChI is InChI=1S/C23H28N2O2S/c1-16-7-6-10-20(15-16)25-22(26)17(2)28-21-13-11-19(12-14-21)24-23(27)18-8-4-3-5-9-18/h6-7,10-15,17-18H,3-5,8-9H2,1-2H3,(H,24,27)(H,25,26). The highest BCUT2D eigenvalue weighted by atomic mass is 32.2. The summed E-state index contributed by atoms with van der Waals surface area (Å²) >= 11 is 1.51. The van der Waals surface area contributed by atoms with Crippen LogP contribution in [-0.4, -0.2) is 17.1 Å². The second kappa shape index (κ2) is 9.78. The Morgan fingerprint density at radius 2 is 1.68 bits per heavy atom. The van der Waals surface area contributed by atoms with Crippen LogP contribution in [0.15, 0.2) is 53.4 Å². The molecule has 0 aliphatic heterocycles. The Labute approximate surface area is 171 Å². The predicted molar refractivity (Wildman–Crippen MR) is 117 cm³/mol. The van der Waals surface area contributed by atoms with E-state index in [1.54, 1.807) is 0 Å². The van der Waals surface area contributed by atoms with Crippen LogP contribution in [0.3, 0.4) is 0 Å². The monoisotopic (exact) mass is 396 g/mol. The van der Waals surface area contributed by atoms with Crippen LogP contribution in [-0.2, 0) is 9.59 Å². The van der Waals surface area contributed by atoms with Gasteiger partial charge in [-0.05, 0) is 68.7 Å². The highest BCUT2D eigenvalue weighted by Crippen LogP contribution is 2.27. The lowest BCUT2D eigenvalue weighted by Gasteiger charge is -2.20. The van der Waals surface area contributed by atoms with Gasteiger partial charge >= 0.3 is 0 Å². The van der Waals surface area contributed by atoms with Gasteiger partial charge in [0, 0.05) is 22.2 Å². The maximum atomic E-state index is 12.4. The normalized spacial score (nSPS) is 15.6. The average molecular weight is 397 g/mol. The van der Waals surface area contributed by atoms with Gasteiger partial charge in [-0.3, -0.25) is 9.59 Å². The molecule has 0 heterocycles. The molecule has 2 N–H and O–H groups in total. The fourth-order valence-corrected chi connectivity index (χ4v) is 4.32. The second-order valence-electron chi connectivity index (χ2n) is 7.47. The summed E-state index contributed by atoms with van der Waals surface area (Å²) in [5, 5.41) is 5.77. The third kappa shape index (κ3) is 5.86. The topological polar surface area (TPSA) is 58.2 Å². The van der Waals surface area contributed by atoms with E-state index in [2.05, 4.69) is 10.6 Å². The third-order valence-corrected chi connectivity index (χ3v) is 6.18. The number of rotatable bonds is 6. The molecule has 2 aromatic carbocycles. The summed E-state index contributed by atoms with van der Waals surface area (Å²) in [5.41, 5.74) is 2.75. The molecule has 0 bridgehead atoms. The molecular weight excluding hydrogens is 368 g/mol. The van der Waals surface area contributed by atoms with Crippen molar-refractivity contribution in [3.05, 3.63) is 54.1 Å². The smallest absolute Gasteiger partial charge is 0.237 e. The maximum Gasteiger partial charge on any atom is 0.237 e. The SMILES string of the molecule is Cc1cccc(NC(=O)C(C)Sc2ccc(NC(=O)C3CCCCC3)cc2)c1. The summed E-state index contributed by atoms with van der Waals surface area (Å²) in [6.45, 7) is 3.90. The van der Waals surface area contributed by atoms with Gasteiger partial charge in [0.25, 0.3) is 0 Å². The van der Waals surface area contributed by atoms with Gasteiger partial charge in [0.2, 0.25) is 11.8 Å². The lowest BCUT2D eigenvalue weighted by atomic mass is 9.88. The molecule has 1 atom stereocenters. The minimum Gasteiger partial charge on any atom is -0.326 e. The number of nitrogens with one attached hydrogen (secondary N) is 2. The van der Waals surface area contributed by atoms with Gasteiger partial charge in [0.05, 0.1) is 5.25 Å². The minimum atomic E-state index is -0.219. The van der Waals surface area contributed by atoms with Crippen molar-refractivity contribution in [1.82, 2.24) is 0 Å². The predicted octanol–water partition coefficient (Wildman–Crippen LogP) is 5.63. The molecule has 5 heteroatoms. The summed E-state index contributed by atoms with van der Waals surface area (Å²) in [6.07, 6.45) is 5.53. The van der Waals surface area contributed by atoms with Crippen molar-refractivity contribution < 1.29 is 9.59 Å². The number of carbonyl (C=O) groups is 2. The first-order chi connectivity index (χ1) is 13.5. The van der Waals surface area contributed by atoms with Gasteiger partial charge in [0.1, 0.15) is 0 Å². The zero-order chi connectivity index (χ0) is 19.9. The molecule has 0 radical (unpaired) electrons. The number of amides is 2. The summed E-state index contributed by atoms with van der Waals surface area (Å²) in [4.78, 5) is 25.8. The van der Waals surface area contributed by atoms with Crippen molar-refractivity contribution in [2.24, 2.45) is 5.92 Å². The number of hydrogen-bond acceptors (Lipinski definition) is 3. The first-order valence-corrected chi connectivity index (χ1v) is 10.8. The molecule has 0 spiro atoms. The van der Waals surface area contributed by atoms with Gasteiger partial charge in [-0.1, -0.05) is 31.4 Å². The van der Waals surface area contributed by atoms with Crippen molar-refractivity contribution in [2.45, 2.75) is 56.1 Å². The summed E-state index contributed by atoms with van der Waals surface area (Å²) in [5.74, 6) is 0.254. The minimum absolute atomic E-state index is 0.0229. The number of benzene rings is 2. The van der Waals surface area contributed by atoms with Gasteiger partial charge in [0.15, 0.2) is 0 Å². The highest BCUT2D eigenvalue weighted by Gasteiger charge is 2.21. The van der Waals surface area contributed by atoms with E-state index in [0.717, 1.165) is 47.5 Å². The van der Waals surface area contributed by atoms with Gasteiger partial charge in [-0.2, -0.15) is 0 Å². The number of hydrogen-bond donors (Lipinski definition) is 2. The Morgan fingerprint density at radius 3 is 2.36 bits per heavy atom. The molecule has 2 amide bonds. The van der Waals surface area contributed by atoms with Crippen LogP contribution in [0, 0.1) is 12.8 Å². The van der Waals surface area contributed by atoms with Crippen molar-refractivity contribution in [2.75, 3.05) is 10.6 Å². The van der Waals surface area contributed by atoms with E-state index in [9.17, 15) is 9.59 Å². The van der Waals surface area contributed by atoms with Crippen molar-refractivity contribution in [1.29, 1.82) is 0 Å². The molecule has 0 aromatic heterocycles. The van der Waals surface area contributed by atoms with Crippen LogP contribution in [0.2, 0.25) is 0 Å². The first-order valence-electron chi connectivity index (χ1n) is 9.96. The number of carbonyl (C=O) groups excluding carboxylic acids is 2. The Kier molecular flexibility index (Phi) is 7.15. The van der Waals surface area contributed by atoms with Crippen molar-refractivity contribution >= 4 is 35.0 Å². The lowest BCUT2D eigenvalue weighted by Crippen LogP contribution is -2.24. The number of thioether (sulfide) groups is 1. The fourth-order valence-electron chi connectivity index (χ4n) is 3.45. The zero-order valence-electron chi connectivity index (χ0n) is 16.5. The molecule has 0 saturated heterocycles. The van der Waals surface area contributed by atoms with E-state index in [4.69, 9.17) is 0 Å². The van der Waals surface area contributed by atoms with Gasteiger partial charge in [-0.25, -0.2) is 0 Å². The molecule has 2 aromatic rings. The first kappa shape index (κ1) is 20.5. The van der Waals surface area contributed by atoms with E-state index in [-0.39, 0.29) is 23.0 Å². The highest BCUT2D eigenvalue weighted by molar-refractivity contribution is 8.00. The molecular formula is C23H28N2O2S. The maximum absolute atomic E-state index is 12.4. The molecule has 148 valence electrons. The molecule has 3 rings (SSSR count). The zero-order valence-corrected chi connectivity index (χ0v) is 17.4. The molecule has 1 aliphatic carbocycles. The Morgan fingerprint density at radius 1 is 0.964 bits per heavy atom. The van der Waals surface area contributed by atoms with E-state index in [0.29, 0.717) is 0 Å². The molecule has 1 unspecified atom stereocenters. The molecule has 28 heavy (non-hydrogen) atoms.